The van der Waals surface area contributed by atoms with E-state index in [0.717, 1.165) is 16.1 Å². The van der Waals surface area contributed by atoms with E-state index in [4.69, 9.17) is 0 Å². The summed E-state index contributed by atoms with van der Waals surface area (Å²) in [5.74, 6) is -0.0504. The van der Waals surface area contributed by atoms with Gasteiger partial charge >= 0.3 is 0 Å². The van der Waals surface area contributed by atoms with Crippen molar-refractivity contribution < 1.29 is 4.79 Å². The lowest BCUT2D eigenvalue weighted by Gasteiger charge is -2.12. The predicted octanol–water partition coefficient (Wildman–Crippen LogP) is 4.64. The van der Waals surface area contributed by atoms with E-state index >= 15 is 0 Å². The summed E-state index contributed by atoms with van der Waals surface area (Å²) >= 11 is 2.78. The molecular weight excluding hydrogens is 364 g/mol. The first-order chi connectivity index (χ1) is 12.4. The van der Waals surface area contributed by atoms with E-state index in [9.17, 15) is 4.79 Å². The monoisotopic (exact) mass is 384 g/mol. The van der Waals surface area contributed by atoms with Crippen molar-refractivity contribution in [3.63, 3.8) is 0 Å². The molecule has 1 aromatic carbocycles. The highest BCUT2D eigenvalue weighted by Gasteiger charge is 2.34. The van der Waals surface area contributed by atoms with Crippen LogP contribution in [0, 0.1) is 20.8 Å². The molecule has 2 aromatic rings. The van der Waals surface area contributed by atoms with Crippen LogP contribution in [-0.2, 0) is 4.79 Å². The number of amidine groups is 1. The third-order valence-electron chi connectivity index (χ3n) is 4.16. The van der Waals surface area contributed by atoms with Gasteiger partial charge in [0.2, 0.25) is 5.13 Å². The lowest BCUT2D eigenvalue weighted by Crippen LogP contribution is -2.29. The smallest absolute Gasteiger partial charge is 0.267 e. The topological polar surface area (TPSA) is 58.5 Å². The van der Waals surface area contributed by atoms with E-state index in [1.54, 1.807) is 11.0 Å². The Morgan fingerprint density at radius 3 is 2.65 bits per heavy atom. The molecule has 26 heavy (non-hydrogen) atoms. The number of aryl methyl sites for hydroxylation is 3. The molecule has 0 radical (unpaired) electrons. The van der Waals surface area contributed by atoms with E-state index in [2.05, 4.69) is 53.8 Å². The molecule has 1 fully saturated rings. The largest absolute Gasteiger partial charge is 0.282 e. The summed E-state index contributed by atoms with van der Waals surface area (Å²) in [5.41, 5.74) is 4.45. The Kier molecular flexibility index (Phi) is 5.38. The summed E-state index contributed by atoms with van der Waals surface area (Å²) in [6, 6.07) is 6.26. The number of carbonyl (C=O) groups excluding carboxylic acids is 1. The van der Waals surface area contributed by atoms with Gasteiger partial charge in [-0.3, -0.25) is 9.69 Å². The van der Waals surface area contributed by atoms with Gasteiger partial charge in [0.15, 0.2) is 5.17 Å². The van der Waals surface area contributed by atoms with Crippen molar-refractivity contribution >= 4 is 44.9 Å². The van der Waals surface area contributed by atoms with Gasteiger partial charge < -0.3 is 0 Å². The Hall–Kier alpha value is -2.25. The molecule has 0 saturated carbocycles. The Labute approximate surface area is 161 Å². The van der Waals surface area contributed by atoms with Gasteiger partial charge in [-0.25, -0.2) is 0 Å². The van der Waals surface area contributed by atoms with Crippen molar-refractivity contribution in [1.82, 2.24) is 15.1 Å². The summed E-state index contributed by atoms with van der Waals surface area (Å²) in [6.45, 7) is 12.2. The maximum atomic E-state index is 13.0. The van der Waals surface area contributed by atoms with Crippen LogP contribution in [0.1, 0.15) is 28.6 Å². The second kappa shape index (κ2) is 7.55. The molecule has 0 aliphatic carbocycles. The average molecular weight is 385 g/mol. The number of hydrogen-bond donors (Lipinski definition) is 0. The van der Waals surface area contributed by atoms with Gasteiger partial charge in [-0.15, -0.1) is 16.8 Å². The zero-order valence-electron chi connectivity index (χ0n) is 15.2. The summed E-state index contributed by atoms with van der Waals surface area (Å²) in [4.78, 5) is 19.8. The summed E-state index contributed by atoms with van der Waals surface area (Å²) in [5, 5.41) is 10.0. The minimum atomic E-state index is -0.0504. The number of benzene rings is 1. The van der Waals surface area contributed by atoms with Crippen LogP contribution in [0.3, 0.4) is 0 Å². The third-order valence-corrected chi connectivity index (χ3v) is 6.07. The zero-order chi connectivity index (χ0) is 18.8. The van der Waals surface area contributed by atoms with Crippen molar-refractivity contribution in [3.05, 3.63) is 57.5 Å². The first-order valence-corrected chi connectivity index (χ1v) is 9.82. The summed E-state index contributed by atoms with van der Waals surface area (Å²) in [6.07, 6.45) is 1.70. The van der Waals surface area contributed by atoms with Gasteiger partial charge in [0.05, 0.1) is 4.91 Å². The molecule has 0 spiro atoms. The molecule has 1 saturated heterocycles. The number of aliphatic imine (C=N–C) groups is 1. The minimum absolute atomic E-state index is 0.0504. The van der Waals surface area contributed by atoms with E-state index in [-0.39, 0.29) is 5.91 Å². The lowest BCUT2D eigenvalue weighted by atomic mass is 10.0. The molecule has 7 heteroatoms. The van der Waals surface area contributed by atoms with Gasteiger partial charge in [-0.05, 0) is 61.7 Å². The molecule has 3 rings (SSSR count). The van der Waals surface area contributed by atoms with Gasteiger partial charge in [-0.2, -0.15) is 4.99 Å². The number of amides is 1. The summed E-state index contributed by atoms with van der Waals surface area (Å²) < 4.78 is 0. The van der Waals surface area contributed by atoms with E-state index in [1.165, 1.54) is 34.2 Å². The summed E-state index contributed by atoms with van der Waals surface area (Å²) in [7, 11) is 0. The highest BCUT2D eigenvalue weighted by Crippen LogP contribution is 2.38. The molecule has 1 aromatic heterocycles. The number of nitrogens with zero attached hydrogens (tertiary/aromatic N) is 4. The molecule has 1 aliphatic rings. The molecule has 0 atom stereocenters. The Morgan fingerprint density at radius 1 is 1.27 bits per heavy atom. The van der Waals surface area contributed by atoms with Crippen LogP contribution in [0.15, 0.2) is 40.8 Å². The van der Waals surface area contributed by atoms with E-state index < -0.39 is 0 Å². The van der Waals surface area contributed by atoms with Crippen LogP contribution in [0.4, 0.5) is 5.13 Å². The maximum Gasteiger partial charge on any atom is 0.267 e. The standard InChI is InChI=1S/C19H20N4OS2/c1-6-9-23-17(24)16(13(4)15-8-7-11(2)12(3)10-15)26-19(23)20-18-22-21-14(5)25-18/h6-8,10H,1,9H2,2-5H3/b16-13-,20-19+. The van der Waals surface area contributed by atoms with Crippen molar-refractivity contribution in [2.45, 2.75) is 27.7 Å². The van der Waals surface area contributed by atoms with Gasteiger partial charge in [0.1, 0.15) is 5.01 Å². The van der Waals surface area contributed by atoms with Crippen LogP contribution < -0.4 is 0 Å². The fraction of sp³-hybridized carbons (Fsp3) is 0.263. The number of hydrogen-bond acceptors (Lipinski definition) is 6. The van der Waals surface area contributed by atoms with Crippen molar-refractivity contribution in [1.29, 1.82) is 0 Å². The fourth-order valence-corrected chi connectivity index (χ4v) is 4.20. The Bertz CT molecular complexity index is 943. The van der Waals surface area contributed by atoms with Crippen LogP contribution in [0.2, 0.25) is 0 Å². The number of rotatable bonds is 4. The quantitative estimate of drug-likeness (QED) is 0.569. The molecule has 1 amide bonds. The van der Waals surface area contributed by atoms with E-state index in [1.807, 2.05) is 13.8 Å². The number of allylic oxidation sites excluding steroid dienone is 1. The highest BCUT2D eigenvalue weighted by molar-refractivity contribution is 8.18. The van der Waals surface area contributed by atoms with Crippen LogP contribution in [-0.4, -0.2) is 32.7 Å². The van der Waals surface area contributed by atoms with Gasteiger partial charge in [0, 0.05) is 6.54 Å². The maximum absolute atomic E-state index is 13.0. The third kappa shape index (κ3) is 3.64. The highest BCUT2D eigenvalue weighted by atomic mass is 32.2. The first kappa shape index (κ1) is 18.5. The first-order valence-electron chi connectivity index (χ1n) is 8.18. The normalized spacial score (nSPS) is 17.9. The fourth-order valence-electron chi connectivity index (χ4n) is 2.53. The van der Waals surface area contributed by atoms with Crippen LogP contribution in [0.25, 0.3) is 5.57 Å². The van der Waals surface area contributed by atoms with Crippen LogP contribution in [0.5, 0.6) is 0 Å². The molecule has 2 heterocycles. The van der Waals surface area contributed by atoms with Gasteiger partial charge in [-0.1, -0.05) is 35.6 Å². The average Bonchev–Trinajstić information content (AvgIpc) is 3.15. The van der Waals surface area contributed by atoms with E-state index in [0.29, 0.717) is 21.7 Å². The molecule has 0 unspecified atom stereocenters. The minimum Gasteiger partial charge on any atom is -0.282 e. The van der Waals surface area contributed by atoms with Gasteiger partial charge in [0.25, 0.3) is 5.91 Å². The zero-order valence-corrected chi connectivity index (χ0v) is 16.9. The Balaban J connectivity index is 2.02. The molecular formula is C19H20N4OS2. The van der Waals surface area contributed by atoms with Crippen molar-refractivity contribution in [2.24, 2.45) is 4.99 Å². The Morgan fingerprint density at radius 2 is 2.04 bits per heavy atom. The lowest BCUT2D eigenvalue weighted by molar-refractivity contribution is -0.121. The number of carbonyl (C=O) groups is 1. The van der Waals surface area contributed by atoms with Crippen LogP contribution >= 0.6 is 23.1 Å². The number of aromatic nitrogens is 2. The molecule has 134 valence electrons. The second-order valence-electron chi connectivity index (χ2n) is 6.06. The molecule has 5 nitrogen and oxygen atoms in total. The molecule has 0 bridgehead atoms. The predicted molar refractivity (Wildman–Crippen MR) is 110 cm³/mol. The van der Waals surface area contributed by atoms with Crippen molar-refractivity contribution in [2.75, 3.05) is 6.54 Å². The molecule has 1 aliphatic heterocycles. The molecule has 0 N–H and O–H groups in total. The van der Waals surface area contributed by atoms with Crippen molar-refractivity contribution in [3.8, 4) is 0 Å². The SMILES string of the molecule is C=CCN1C(=O)/C(=C(\C)c2ccc(C)c(C)c2)S/C1=N/c1nnc(C)s1. The second-order valence-corrected chi connectivity index (χ2v) is 8.20. The number of thioether (sulfide) groups is 1.